The summed E-state index contributed by atoms with van der Waals surface area (Å²) in [6.45, 7) is 6.28. The SMILES string of the molecule is Cc1cccc(C(=O)Nc2ccc(N3CCN(CCOc4ccc(Cl)cc4)CC3)c(C(=O)O)c2)c1.O=C(O)C(F)(F)F. The molecule has 0 unspecified atom stereocenters. The van der Waals surface area contributed by atoms with Crippen molar-refractivity contribution in [2.75, 3.05) is 49.5 Å². The summed E-state index contributed by atoms with van der Waals surface area (Å²) in [6.07, 6.45) is -5.08. The number of hydrogen-bond donors (Lipinski definition) is 3. The number of nitrogens with zero attached hydrogens (tertiary/aromatic N) is 2. The fraction of sp³-hybridized carbons (Fsp3) is 0.276. The molecule has 3 aromatic carbocycles. The molecular weight excluding hydrogens is 579 g/mol. The average Bonchev–Trinajstić information content (AvgIpc) is 2.94. The summed E-state index contributed by atoms with van der Waals surface area (Å²) in [7, 11) is 0. The van der Waals surface area contributed by atoms with E-state index in [-0.39, 0.29) is 11.5 Å². The molecule has 3 N–H and O–H groups in total. The molecule has 0 atom stereocenters. The standard InChI is InChI=1S/C27H28ClN3O4.C2HF3O2/c1-19-3-2-4-20(17-19)26(32)29-22-7-10-25(24(18-22)27(33)34)31-13-11-30(12-14-31)15-16-35-23-8-5-21(28)6-9-23;3-2(4,5)1(6)7/h2-10,17-18H,11-16H2,1H3,(H,29,32)(H,33,34);(H,6,7). The van der Waals surface area contributed by atoms with Gasteiger partial charge in [-0.2, -0.15) is 13.2 Å². The van der Waals surface area contributed by atoms with E-state index in [9.17, 15) is 27.9 Å². The van der Waals surface area contributed by atoms with Crippen LogP contribution in [-0.2, 0) is 4.79 Å². The Morgan fingerprint density at radius 1 is 0.952 bits per heavy atom. The normalized spacial score (nSPS) is 13.5. The summed E-state index contributed by atoms with van der Waals surface area (Å²) in [5.74, 6) is -3.26. The molecule has 0 saturated carbocycles. The molecule has 13 heteroatoms. The minimum Gasteiger partial charge on any atom is -0.492 e. The Hall–Kier alpha value is -4.29. The van der Waals surface area contributed by atoms with Crippen LogP contribution in [-0.4, -0.2) is 78.5 Å². The summed E-state index contributed by atoms with van der Waals surface area (Å²) in [4.78, 5) is 37.8. The van der Waals surface area contributed by atoms with Crippen molar-refractivity contribution >= 4 is 40.8 Å². The smallest absolute Gasteiger partial charge is 0.490 e. The number of carbonyl (C=O) groups excluding carboxylic acids is 1. The maximum absolute atomic E-state index is 12.6. The summed E-state index contributed by atoms with van der Waals surface area (Å²) in [5, 5.41) is 20.4. The fourth-order valence-electron chi connectivity index (χ4n) is 4.09. The number of rotatable bonds is 8. The quantitative estimate of drug-likeness (QED) is 0.310. The predicted octanol–water partition coefficient (Wildman–Crippen LogP) is 5.43. The first kappa shape index (κ1) is 32.2. The number of aryl methyl sites for hydroxylation is 1. The second kappa shape index (κ2) is 14.6. The van der Waals surface area contributed by atoms with Gasteiger partial charge in [-0.25, -0.2) is 9.59 Å². The van der Waals surface area contributed by atoms with Crippen LogP contribution in [0.5, 0.6) is 5.75 Å². The first-order valence-corrected chi connectivity index (χ1v) is 13.1. The summed E-state index contributed by atoms with van der Waals surface area (Å²) in [6, 6.07) is 19.6. The van der Waals surface area contributed by atoms with Crippen LogP contribution in [0.1, 0.15) is 26.3 Å². The summed E-state index contributed by atoms with van der Waals surface area (Å²) < 4.78 is 37.5. The Bertz CT molecular complexity index is 1390. The average molecular weight is 608 g/mol. The lowest BCUT2D eigenvalue weighted by Gasteiger charge is -2.36. The number of aliphatic carboxylic acids is 1. The zero-order chi connectivity index (χ0) is 30.9. The van der Waals surface area contributed by atoms with Crippen molar-refractivity contribution in [2.45, 2.75) is 13.1 Å². The number of amides is 1. The number of benzene rings is 3. The van der Waals surface area contributed by atoms with E-state index < -0.39 is 18.1 Å². The third-order valence-corrected chi connectivity index (χ3v) is 6.46. The number of carbonyl (C=O) groups is 3. The molecule has 3 aromatic rings. The number of carboxylic acid groups (broad SMARTS) is 2. The van der Waals surface area contributed by atoms with E-state index in [1.165, 1.54) is 6.07 Å². The van der Waals surface area contributed by atoms with Crippen molar-refractivity contribution in [1.82, 2.24) is 4.90 Å². The van der Waals surface area contributed by atoms with E-state index in [0.717, 1.165) is 30.9 Å². The minimum absolute atomic E-state index is 0.173. The number of anilines is 2. The molecule has 4 rings (SSSR count). The largest absolute Gasteiger partial charge is 0.492 e. The highest BCUT2D eigenvalue weighted by Gasteiger charge is 2.38. The van der Waals surface area contributed by atoms with E-state index in [1.54, 1.807) is 36.4 Å². The minimum atomic E-state index is -5.08. The molecule has 1 amide bonds. The predicted molar refractivity (Wildman–Crippen MR) is 152 cm³/mol. The van der Waals surface area contributed by atoms with E-state index in [2.05, 4.69) is 15.1 Å². The van der Waals surface area contributed by atoms with E-state index in [1.807, 2.05) is 31.2 Å². The molecule has 0 bridgehead atoms. The van der Waals surface area contributed by atoms with E-state index in [4.69, 9.17) is 26.2 Å². The third-order valence-electron chi connectivity index (χ3n) is 6.21. The lowest BCUT2D eigenvalue weighted by atomic mass is 10.1. The number of hydrogen-bond acceptors (Lipinski definition) is 6. The van der Waals surface area contributed by atoms with Gasteiger partial charge in [0.05, 0.1) is 11.3 Å². The molecule has 0 radical (unpaired) electrons. The van der Waals surface area contributed by atoms with Gasteiger partial charge >= 0.3 is 18.1 Å². The lowest BCUT2D eigenvalue weighted by molar-refractivity contribution is -0.192. The van der Waals surface area contributed by atoms with Crippen LogP contribution in [0, 0.1) is 6.92 Å². The molecule has 0 aliphatic carbocycles. The highest BCUT2D eigenvalue weighted by atomic mass is 35.5. The maximum Gasteiger partial charge on any atom is 0.490 e. The van der Waals surface area contributed by atoms with Crippen molar-refractivity contribution in [3.05, 3.63) is 88.4 Å². The Kier molecular flexibility index (Phi) is 11.2. The lowest BCUT2D eigenvalue weighted by Crippen LogP contribution is -2.47. The first-order chi connectivity index (χ1) is 19.8. The maximum atomic E-state index is 12.6. The molecule has 224 valence electrons. The van der Waals surface area contributed by atoms with Crippen LogP contribution in [0.4, 0.5) is 24.5 Å². The molecule has 1 aliphatic rings. The van der Waals surface area contributed by atoms with Gasteiger partial charge in [0.2, 0.25) is 0 Å². The Labute approximate surface area is 245 Å². The van der Waals surface area contributed by atoms with E-state index >= 15 is 0 Å². The summed E-state index contributed by atoms with van der Waals surface area (Å²) >= 11 is 5.90. The van der Waals surface area contributed by atoms with Gasteiger partial charge in [0.25, 0.3) is 5.91 Å². The van der Waals surface area contributed by atoms with Gasteiger partial charge in [0.15, 0.2) is 0 Å². The van der Waals surface area contributed by atoms with Gasteiger partial charge in [0, 0.05) is 49.0 Å². The molecule has 42 heavy (non-hydrogen) atoms. The number of carboxylic acids is 2. The molecular formula is C29H29ClF3N3O6. The van der Waals surface area contributed by atoms with Crippen molar-refractivity contribution in [2.24, 2.45) is 0 Å². The van der Waals surface area contributed by atoms with Gasteiger partial charge in [-0.1, -0.05) is 29.3 Å². The Balaban J connectivity index is 0.000000616. The van der Waals surface area contributed by atoms with E-state index in [0.29, 0.717) is 41.7 Å². The topological polar surface area (TPSA) is 119 Å². The van der Waals surface area contributed by atoms with Gasteiger partial charge in [-0.15, -0.1) is 0 Å². The number of piperazine rings is 1. The van der Waals surface area contributed by atoms with Crippen molar-refractivity contribution in [1.29, 1.82) is 0 Å². The van der Waals surface area contributed by atoms with Gasteiger partial charge < -0.3 is 25.2 Å². The van der Waals surface area contributed by atoms with Crippen LogP contribution >= 0.6 is 11.6 Å². The zero-order valence-electron chi connectivity index (χ0n) is 22.5. The van der Waals surface area contributed by atoms with Gasteiger partial charge in [-0.05, 0) is 61.5 Å². The number of aromatic carboxylic acids is 1. The Morgan fingerprint density at radius 3 is 2.17 bits per heavy atom. The summed E-state index contributed by atoms with van der Waals surface area (Å²) in [5.41, 5.74) is 2.79. The highest BCUT2D eigenvalue weighted by molar-refractivity contribution is 6.30. The van der Waals surface area contributed by atoms with Crippen LogP contribution in [0.2, 0.25) is 5.02 Å². The number of nitrogens with one attached hydrogen (secondary N) is 1. The first-order valence-electron chi connectivity index (χ1n) is 12.7. The van der Waals surface area contributed by atoms with Crippen molar-refractivity contribution < 1.29 is 42.5 Å². The molecule has 0 aromatic heterocycles. The fourth-order valence-corrected chi connectivity index (χ4v) is 4.21. The van der Waals surface area contributed by atoms with Crippen molar-refractivity contribution in [3.63, 3.8) is 0 Å². The Morgan fingerprint density at radius 2 is 1.60 bits per heavy atom. The molecule has 1 heterocycles. The molecule has 0 spiro atoms. The monoisotopic (exact) mass is 607 g/mol. The highest BCUT2D eigenvalue weighted by Crippen LogP contribution is 2.26. The van der Waals surface area contributed by atoms with Crippen LogP contribution in [0.3, 0.4) is 0 Å². The van der Waals surface area contributed by atoms with Gasteiger partial charge in [0.1, 0.15) is 12.4 Å². The second-order valence-electron chi connectivity index (χ2n) is 9.29. The third kappa shape index (κ3) is 9.67. The second-order valence-corrected chi connectivity index (χ2v) is 9.73. The van der Waals surface area contributed by atoms with Crippen LogP contribution in [0.25, 0.3) is 0 Å². The zero-order valence-corrected chi connectivity index (χ0v) is 23.3. The number of halogens is 4. The molecule has 1 aliphatic heterocycles. The van der Waals surface area contributed by atoms with Gasteiger partial charge in [-0.3, -0.25) is 9.69 Å². The van der Waals surface area contributed by atoms with Crippen LogP contribution in [0.15, 0.2) is 66.7 Å². The van der Waals surface area contributed by atoms with Crippen LogP contribution < -0.4 is 15.0 Å². The molecule has 1 saturated heterocycles. The number of alkyl halides is 3. The van der Waals surface area contributed by atoms with Crippen molar-refractivity contribution in [3.8, 4) is 5.75 Å². The molecule has 1 fully saturated rings. The number of ether oxygens (including phenoxy) is 1. The molecule has 9 nitrogen and oxygen atoms in total.